The van der Waals surface area contributed by atoms with Gasteiger partial charge < -0.3 is 14.6 Å². The molecule has 0 aromatic rings. The topological polar surface area (TPSA) is 38.7 Å². The number of rotatable bonds is 3. The quantitative estimate of drug-likeness (QED) is 0.614. The first-order valence-corrected chi connectivity index (χ1v) is 7.74. The van der Waals surface area contributed by atoms with E-state index in [0.717, 1.165) is 0 Å². The molecule has 0 heterocycles. The van der Waals surface area contributed by atoms with E-state index in [1.807, 2.05) is 6.92 Å². The first-order chi connectivity index (χ1) is 8.96. The Bertz CT molecular complexity index is 469. The van der Waals surface area contributed by atoms with Crippen molar-refractivity contribution in [2.75, 3.05) is 14.2 Å². The largest absolute Gasteiger partial charge is 0.390 e. The number of fused-ring (bicyclic) bond motifs is 2. The average molecular weight is 364 g/mol. The summed E-state index contributed by atoms with van der Waals surface area (Å²) in [6.07, 6.45) is 0. The first-order valence-electron chi connectivity index (χ1n) is 6.23. The summed E-state index contributed by atoms with van der Waals surface area (Å²) in [5.74, 6) is -2.25. The highest BCUT2D eigenvalue weighted by molar-refractivity contribution is 6.52. The molecular formula is C13H18Cl4O3. The summed E-state index contributed by atoms with van der Waals surface area (Å²) in [6, 6.07) is 0. The monoisotopic (exact) mass is 362 g/mol. The average Bonchev–Trinajstić information content (AvgIpc) is 2.57. The zero-order chi connectivity index (χ0) is 15.7. The molecule has 0 aromatic carbocycles. The molecular weight excluding hydrogens is 346 g/mol. The molecule has 0 amide bonds. The summed E-state index contributed by atoms with van der Waals surface area (Å²) in [4.78, 5) is -2.60. The molecule has 0 radical (unpaired) electrons. The van der Waals surface area contributed by atoms with E-state index < -0.39 is 27.1 Å². The van der Waals surface area contributed by atoms with E-state index in [1.165, 1.54) is 14.2 Å². The van der Waals surface area contributed by atoms with Crippen molar-refractivity contribution < 1.29 is 14.6 Å². The molecule has 116 valence electrons. The number of hydrogen-bond donors (Lipinski definition) is 1. The van der Waals surface area contributed by atoms with Gasteiger partial charge in [0.25, 0.3) is 0 Å². The Balaban J connectivity index is 2.81. The number of halogens is 4. The Morgan fingerprint density at radius 2 is 1.45 bits per heavy atom. The van der Waals surface area contributed by atoms with Crippen LogP contribution in [0.2, 0.25) is 0 Å². The van der Waals surface area contributed by atoms with Crippen molar-refractivity contribution in [3.8, 4) is 0 Å². The maximum Gasteiger partial charge on any atom is 0.217 e. The normalized spacial score (nSPS) is 43.5. The van der Waals surface area contributed by atoms with Crippen molar-refractivity contribution in [2.45, 2.75) is 41.9 Å². The molecule has 1 N–H and O–H groups in total. The van der Waals surface area contributed by atoms with Gasteiger partial charge in [-0.25, -0.2) is 0 Å². The SMILES string of the molecule is COC1(OC)[C@@]2(Cl)C(Cl)=C(Cl)[C@]1(Cl)[C@@H](C)[C@@H]2C(C)(C)O. The molecule has 3 nitrogen and oxygen atoms in total. The van der Waals surface area contributed by atoms with Gasteiger partial charge in [-0.05, 0) is 19.8 Å². The second-order valence-electron chi connectivity index (χ2n) is 6.00. The Labute approximate surface area is 139 Å². The van der Waals surface area contributed by atoms with Crippen molar-refractivity contribution in [1.82, 2.24) is 0 Å². The Kier molecular flexibility index (Phi) is 3.98. The molecule has 2 aliphatic rings. The summed E-state index contributed by atoms with van der Waals surface area (Å²) in [5.41, 5.74) is -1.14. The van der Waals surface area contributed by atoms with Crippen LogP contribution in [0.1, 0.15) is 20.8 Å². The summed E-state index contributed by atoms with van der Waals surface area (Å²) in [7, 11) is 2.88. The van der Waals surface area contributed by atoms with Gasteiger partial charge in [0.2, 0.25) is 5.79 Å². The van der Waals surface area contributed by atoms with Gasteiger partial charge in [-0.3, -0.25) is 0 Å². The van der Waals surface area contributed by atoms with E-state index in [2.05, 4.69) is 0 Å². The van der Waals surface area contributed by atoms with Crippen LogP contribution in [0, 0.1) is 11.8 Å². The lowest BCUT2D eigenvalue weighted by Gasteiger charge is -2.43. The number of methoxy groups -OCH3 is 2. The molecule has 2 rings (SSSR count). The molecule has 20 heavy (non-hydrogen) atoms. The van der Waals surface area contributed by atoms with Crippen LogP contribution in [-0.2, 0) is 9.47 Å². The molecule has 0 saturated heterocycles. The van der Waals surface area contributed by atoms with E-state index in [1.54, 1.807) is 13.8 Å². The fourth-order valence-corrected chi connectivity index (χ4v) is 6.42. The third-order valence-corrected chi connectivity index (χ3v) is 7.40. The molecule has 4 atom stereocenters. The minimum atomic E-state index is -1.44. The Morgan fingerprint density at radius 1 is 1.05 bits per heavy atom. The minimum absolute atomic E-state index is 0.171. The van der Waals surface area contributed by atoms with Crippen LogP contribution in [0.15, 0.2) is 10.1 Å². The second-order valence-corrected chi connectivity index (χ2v) is 7.94. The standard InChI is InChI=1S/C13H18Cl4O3/c1-6-7(10(2,3)18)12(17)9(15)8(14)11(6,16)13(12,19-4)20-5/h6-7,18H,1-5H3/t6-,7+,11+,12-/m0/s1. The molecule has 0 unspecified atom stereocenters. The van der Waals surface area contributed by atoms with Crippen molar-refractivity contribution in [3.63, 3.8) is 0 Å². The number of alkyl halides is 2. The number of hydrogen-bond acceptors (Lipinski definition) is 3. The third kappa shape index (κ3) is 1.51. The van der Waals surface area contributed by atoms with Gasteiger partial charge in [0.15, 0.2) is 0 Å². The van der Waals surface area contributed by atoms with Gasteiger partial charge in [0.05, 0.1) is 15.7 Å². The summed E-state index contributed by atoms with van der Waals surface area (Å²) in [5, 5.41) is 10.9. The van der Waals surface area contributed by atoms with Crippen molar-refractivity contribution in [2.24, 2.45) is 11.8 Å². The molecule has 2 bridgehead atoms. The van der Waals surface area contributed by atoms with E-state index in [0.29, 0.717) is 0 Å². The Morgan fingerprint density at radius 3 is 1.75 bits per heavy atom. The molecule has 0 spiro atoms. The lowest BCUT2D eigenvalue weighted by molar-refractivity contribution is -0.223. The first kappa shape index (κ1) is 17.1. The molecule has 1 saturated carbocycles. The lowest BCUT2D eigenvalue weighted by atomic mass is 9.74. The minimum Gasteiger partial charge on any atom is -0.390 e. The molecule has 0 aliphatic heterocycles. The van der Waals surface area contributed by atoms with Gasteiger partial charge in [0, 0.05) is 20.1 Å². The van der Waals surface area contributed by atoms with Gasteiger partial charge in [-0.1, -0.05) is 30.1 Å². The smallest absolute Gasteiger partial charge is 0.217 e. The van der Waals surface area contributed by atoms with E-state index in [4.69, 9.17) is 55.9 Å². The second kappa shape index (κ2) is 4.64. The lowest BCUT2D eigenvalue weighted by Crippen LogP contribution is -2.58. The van der Waals surface area contributed by atoms with Crippen LogP contribution in [0.3, 0.4) is 0 Å². The van der Waals surface area contributed by atoms with Crippen LogP contribution in [0.25, 0.3) is 0 Å². The van der Waals surface area contributed by atoms with Crippen LogP contribution < -0.4 is 0 Å². The summed E-state index contributed by atoms with van der Waals surface area (Å²) < 4.78 is 11.1. The Hall–Kier alpha value is 0.780. The van der Waals surface area contributed by atoms with Gasteiger partial charge in [-0.15, -0.1) is 23.2 Å². The van der Waals surface area contributed by atoms with Crippen LogP contribution in [-0.4, -0.2) is 40.5 Å². The van der Waals surface area contributed by atoms with Crippen molar-refractivity contribution in [3.05, 3.63) is 10.1 Å². The van der Waals surface area contributed by atoms with Gasteiger partial charge in [-0.2, -0.15) is 0 Å². The third-order valence-electron chi connectivity index (χ3n) is 4.68. The van der Waals surface area contributed by atoms with Crippen LogP contribution in [0.4, 0.5) is 0 Å². The van der Waals surface area contributed by atoms with E-state index >= 15 is 0 Å². The fraction of sp³-hybridized carbons (Fsp3) is 0.846. The van der Waals surface area contributed by atoms with Crippen LogP contribution in [0.5, 0.6) is 0 Å². The number of aliphatic hydroxyl groups is 1. The zero-order valence-electron chi connectivity index (χ0n) is 11.9. The van der Waals surface area contributed by atoms with Gasteiger partial charge in [0.1, 0.15) is 9.75 Å². The number of ether oxygens (including phenoxy) is 2. The van der Waals surface area contributed by atoms with Crippen molar-refractivity contribution in [1.29, 1.82) is 0 Å². The molecule has 1 fully saturated rings. The highest BCUT2D eigenvalue weighted by Gasteiger charge is 2.85. The molecule has 0 aromatic heterocycles. The predicted molar refractivity (Wildman–Crippen MR) is 81.6 cm³/mol. The summed E-state index contributed by atoms with van der Waals surface area (Å²) in [6.45, 7) is 5.18. The van der Waals surface area contributed by atoms with E-state index in [9.17, 15) is 5.11 Å². The summed E-state index contributed by atoms with van der Waals surface area (Å²) >= 11 is 26.3. The van der Waals surface area contributed by atoms with Crippen molar-refractivity contribution >= 4 is 46.4 Å². The zero-order valence-corrected chi connectivity index (χ0v) is 15.0. The highest BCUT2D eigenvalue weighted by Crippen LogP contribution is 2.75. The van der Waals surface area contributed by atoms with Gasteiger partial charge >= 0.3 is 0 Å². The molecule has 7 heteroatoms. The molecule has 2 aliphatic carbocycles. The predicted octanol–water partition coefficient (Wildman–Crippen LogP) is 3.67. The maximum atomic E-state index is 10.5. The highest BCUT2D eigenvalue weighted by atomic mass is 35.5. The van der Waals surface area contributed by atoms with Crippen LogP contribution >= 0.6 is 46.4 Å². The van der Waals surface area contributed by atoms with E-state index in [-0.39, 0.29) is 16.0 Å². The fourth-order valence-electron chi connectivity index (χ4n) is 4.06. The maximum absolute atomic E-state index is 10.5.